The number of hydrogen-bond acceptors (Lipinski definition) is 4. The van der Waals surface area contributed by atoms with Crippen molar-refractivity contribution in [3.05, 3.63) is 18.3 Å². The number of thioether (sulfide) groups is 1. The van der Waals surface area contributed by atoms with Gasteiger partial charge in [0.2, 0.25) is 0 Å². The fraction of sp³-hybridized carbons (Fsp3) is 0.571. The van der Waals surface area contributed by atoms with Gasteiger partial charge in [-0.25, -0.2) is 9.78 Å². The molecular weight excluding hydrogens is 272 g/mol. The maximum atomic E-state index is 12.1. The summed E-state index contributed by atoms with van der Waals surface area (Å²) in [6.45, 7) is 3.83. The van der Waals surface area contributed by atoms with Crippen molar-refractivity contribution in [2.45, 2.75) is 12.8 Å². The molecule has 3 rings (SSSR count). The van der Waals surface area contributed by atoms with Crippen LogP contribution in [-0.2, 0) is 0 Å². The number of rotatable bonds is 2. The zero-order valence-corrected chi connectivity index (χ0v) is 12.4. The maximum absolute atomic E-state index is 12.1. The molecule has 0 radical (unpaired) electrons. The summed E-state index contributed by atoms with van der Waals surface area (Å²) in [5.41, 5.74) is 0.774. The predicted octanol–water partition coefficient (Wildman–Crippen LogP) is 2.26. The topological polar surface area (TPSA) is 48.5 Å². The van der Waals surface area contributed by atoms with Crippen molar-refractivity contribution in [3.63, 3.8) is 0 Å². The Labute approximate surface area is 123 Å². The Balaban J connectivity index is 1.58. The van der Waals surface area contributed by atoms with Gasteiger partial charge in [0.05, 0.1) is 11.9 Å². The lowest BCUT2D eigenvalue weighted by Crippen LogP contribution is -2.40. The molecule has 1 aromatic rings. The summed E-state index contributed by atoms with van der Waals surface area (Å²) in [4.78, 5) is 20.7. The Morgan fingerprint density at radius 1 is 1.15 bits per heavy atom. The number of amides is 2. The lowest BCUT2D eigenvalue weighted by Gasteiger charge is -2.26. The van der Waals surface area contributed by atoms with Crippen LogP contribution in [0.25, 0.3) is 0 Å². The van der Waals surface area contributed by atoms with Crippen molar-refractivity contribution in [1.29, 1.82) is 0 Å². The van der Waals surface area contributed by atoms with Gasteiger partial charge in [-0.05, 0) is 25.0 Å². The van der Waals surface area contributed by atoms with Gasteiger partial charge in [-0.3, -0.25) is 0 Å². The van der Waals surface area contributed by atoms with Crippen LogP contribution in [0.2, 0.25) is 0 Å². The van der Waals surface area contributed by atoms with Gasteiger partial charge < -0.3 is 15.1 Å². The molecular formula is C14H20N4OS. The number of nitrogens with one attached hydrogen (secondary N) is 1. The minimum atomic E-state index is -0.0129. The molecule has 2 saturated heterocycles. The third-order valence-electron chi connectivity index (χ3n) is 3.73. The normalized spacial score (nSPS) is 19.2. The second kappa shape index (κ2) is 6.35. The Bertz CT molecular complexity index is 453. The second-order valence-corrected chi connectivity index (χ2v) is 6.35. The molecule has 2 amide bonds. The molecule has 2 aliphatic rings. The summed E-state index contributed by atoms with van der Waals surface area (Å²) in [6.07, 6.45) is 4.24. The van der Waals surface area contributed by atoms with Gasteiger partial charge in [0, 0.05) is 37.7 Å². The van der Waals surface area contributed by atoms with Gasteiger partial charge in [-0.2, -0.15) is 11.8 Å². The lowest BCUT2D eigenvalue weighted by atomic mass is 10.4. The van der Waals surface area contributed by atoms with Gasteiger partial charge in [-0.1, -0.05) is 0 Å². The van der Waals surface area contributed by atoms with E-state index in [1.165, 1.54) is 12.8 Å². The van der Waals surface area contributed by atoms with Crippen molar-refractivity contribution in [1.82, 2.24) is 9.88 Å². The van der Waals surface area contributed by atoms with Crippen molar-refractivity contribution in [2.24, 2.45) is 0 Å². The summed E-state index contributed by atoms with van der Waals surface area (Å²) in [5, 5.41) is 2.93. The summed E-state index contributed by atoms with van der Waals surface area (Å²) >= 11 is 1.90. The first-order valence-electron chi connectivity index (χ1n) is 7.17. The van der Waals surface area contributed by atoms with Gasteiger partial charge in [0.15, 0.2) is 0 Å². The molecule has 3 heterocycles. The van der Waals surface area contributed by atoms with Crippen LogP contribution >= 0.6 is 11.8 Å². The predicted molar refractivity (Wildman–Crippen MR) is 83.6 cm³/mol. The maximum Gasteiger partial charge on any atom is 0.321 e. The van der Waals surface area contributed by atoms with Crippen molar-refractivity contribution >= 4 is 29.3 Å². The molecule has 0 atom stereocenters. The highest BCUT2D eigenvalue weighted by molar-refractivity contribution is 7.99. The van der Waals surface area contributed by atoms with Crippen LogP contribution in [0.4, 0.5) is 16.3 Å². The number of nitrogens with zero attached hydrogens (tertiary/aromatic N) is 3. The monoisotopic (exact) mass is 292 g/mol. The number of aromatic nitrogens is 1. The van der Waals surface area contributed by atoms with Gasteiger partial charge in [0.25, 0.3) is 0 Å². The fourth-order valence-electron chi connectivity index (χ4n) is 2.56. The van der Waals surface area contributed by atoms with Crippen LogP contribution in [0.5, 0.6) is 0 Å². The number of carbonyl (C=O) groups excluding carboxylic acids is 1. The summed E-state index contributed by atoms with van der Waals surface area (Å²) in [7, 11) is 0. The summed E-state index contributed by atoms with van der Waals surface area (Å²) in [5.74, 6) is 3.06. The molecule has 6 heteroatoms. The summed E-state index contributed by atoms with van der Waals surface area (Å²) < 4.78 is 0. The fourth-order valence-corrected chi connectivity index (χ4v) is 3.47. The standard InChI is InChI=1S/C14H20N4OS/c19-14(18-7-9-20-10-8-18)16-12-3-4-13(15-11-12)17-5-1-2-6-17/h3-4,11H,1-2,5-10H2,(H,16,19). The molecule has 108 valence electrons. The second-order valence-electron chi connectivity index (χ2n) is 5.13. The molecule has 1 aromatic heterocycles. The SMILES string of the molecule is O=C(Nc1ccc(N2CCCC2)nc1)N1CCSCC1. The summed E-state index contributed by atoms with van der Waals surface area (Å²) in [6, 6.07) is 3.92. The molecule has 0 aromatic carbocycles. The largest absolute Gasteiger partial charge is 0.357 e. The third kappa shape index (κ3) is 3.17. The van der Waals surface area contributed by atoms with E-state index in [0.717, 1.165) is 49.2 Å². The Morgan fingerprint density at radius 2 is 1.90 bits per heavy atom. The van der Waals surface area contributed by atoms with Gasteiger partial charge in [0.1, 0.15) is 5.82 Å². The first-order valence-corrected chi connectivity index (χ1v) is 8.33. The molecule has 20 heavy (non-hydrogen) atoms. The van der Waals surface area contributed by atoms with Crippen LogP contribution in [0, 0.1) is 0 Å². The molecule has 0 saturated carbocycles. The highest BCUT2D eigenvalue weighted by Gasteiger charge is 2.17. The van der Waals surface area contributed by atoms with E-state index in [9.17, 15) is 4.79 Å². The molecule has 2 fully saturated rings. The van der Waals surface area contributed by atoms with Crippen LogP contribution in [0.1, 0.15) is 12.8 Å². The Morgan fingerprint density at radius 3 is 2.55 bits per heavy atom. The van der Waals surface area contributed by atoms with Crippen LogP contribution < -0.4 is 10.2 Å². The first kappa shape index (κ1) is 13.5. The van der Waals surface area contributed by atoms with Crippen LogP contribution in [0.3, 0.4) is 0 Å². The number of urea groups is 1. The zero-order chi connectivity index (χ0) is 13.8. The number of hydrogen-bond donors (Lipinski definition) is 1. The molecule has 0 aliphatic carbocycles. The van der Waals surface area contributed by atoms with Crippen molar-refractivity contribution < 1.29 is 4.79 Å². The van der Waals surface area contributed by atoms with Crippen LogP contribution in [-0.4, -0.2) is 53.6 Å². The highest BCUT2D eigenvalue weighted by atomic mass is 32.2. The van der Waals surface area contributed by atoms with Gasteiger partial charge >= 0.3 is 6.03 Å². The average Bonchev–Trinajstić information content (AvgIpc) is 3.03. The number of carbonyl (C=O) groups is 1. The van der Waals surface area contributed by atoms with E-state index in [1.54, 1.807) is 6.20 Å². The smallest absolute Gasteiger partial charge is 0.321 e. The van der Waals surface area contributed by atoms with Crippen molar-refractivity contribution in [2.75, 3.05) is 47.9 Å². The van der Waals surface area contributed by atoms with E-state index in [-0.39, 0.29) is 6.03 Å². The molecule has 5 nitrogen and oxygen atoms in total. The number of pyridine rings is 1. The molecule has 0 spiro atoms. The first-order chi connectivity index (χ1) is 9.83. The Hall–Kier alpha value is -1.43. The molecule has 0 bridgehead atoms. The van der Waals surface area contributed by atoms with Crippen molar-refractivity contribution in [3.8, 4) is 0 Å². The minimum Gasteiger partial charge on any atom is -0.357 e. The molecule has 0 unspecified atom stereocenters. The quantitative estimate of drug-likeness (QED) is 0.908. The lowest BCUT2D eigenvalue weighted by molar-refractivity contribution is 0.217. The zero-order valence-electron chi connectivity index (χ0n) is 11.5. The van der Waals surface area contributed by atoms with E-state index in [0.29, 0.717) is 0 Å². The average molecular weight is 292 g/mol. The van der Waals surface area contributed by atoms with Crippen LogP contribution in [0.15, 0.2) is 18.3 Å². The Kier molecular flexibility index (Phi) is 4.30. The van der Waals surface area contributed by atoms with E-state index in [4.69, 9.17) is 0 Å². The molecule has 1 N–H and O–H groups in total. The molecule has 2 aliphatic heterocycles. The highest BCUT2D eigenvalue weighted by Crippen LogP contribution is 2.19. The van der Waals surface area contributed by atoms with E-state index >= 15 is 0 Å². The third-order valence-corrected chi connectivity index (χ3v) is 4.67. The van der Waals surface area contributed by atoms with E-state index < -0.39 is 0 Å². The minimum absolute atomic E-state index is 0.0129. The van der Waals surface area contributed by atoms with Gasteiger partial charge in [-0.15, -0.1) is 0 Å². The van der Waals surface area contributed by atoms with E-state index in [1.807, 2.05) is 28.8 Å². The number of anilines is 2. The van der Waals surface area contributed by atoms with E-state index in [2.05, 4.69) is 15.2 Å².